The lowest BCUT2D eigenvalue weighted by molar-refractivity contribution is -0.141. The number of amides is 1. The third kappa shape index (κ3) is 3.57. The molecule has 0 fully saturated rings. The number of carbonyl (C=O) groups is 1. The van der Waals surface area contributed by atoms with E-state index in [0.29, 0.717) is 11.8 Å². The van der Waals surface area contributed by atoms with Crippen molar-refractivity contribution in [1.82, 2.24) is 4.98 Å². The fraction of sp³-hybridized carbons (Fsp3) is 0.0769. The summed E-state index contributed by atoms with van der Waals surface area (Å²) in [6.45, 7) is 0. The van der Waals surface area contributed by atoms with Crippen LogP contribution in [0.1, 0.15) is 16.1 Å². The Labute approximate surface area is 121 Å². The maximum atomic E-state index is 12.5. The van der Waals surface area contributed by atoms with E-state index in [4.69, 9.17) is 0 Å². The van der Waals surface area contributed by atoms with Crippen LogP contribution >= 0.6 is 15.9 Å². The van der Waals surface area contributed by atoms with Crippen LogP contribution in [-0.2, 0) is 6.18 Å². The Morgan fingerprint density at radius 3 is 2.40 bits per heavy atom. The van der Waals surface area contributed by atoms with E-state index in [-0.39, 0.29) is 5.56 Å². The lowest BCUT2D eigenvalue weighted by Gasteiger charge is -2.08. The fourth-order valence-electron chi connectivity index (χ4n) is 1.46. The van der Waals surface area contributed by atoms with Crippen molar-refractivity contribution in [2.45, 2.75) is 6.18 Å². The Balaban J connectivity index is 2.19. The van der Waals surface area contributed by atoms with Crippen LogP contribution in [0.4, 0.5) is 18.9 Å². The second kappa shape index (κ2) is 5.62. The molecule has 0 atom stereocenters. The van der Waals surface area contributed by atoms with Gasteiger partial charge in [0.15, 0.2) is 0 Å². The Bertz CT molecular complexity index is 626. The number of carbonyl (C=O) groups excluding carboxylic acids is 1. The number of benzene rings is 1. The molecule has 0 saturated heterocycles. The van der Waals surface area contributed by atoms with Gasteiger partial charge in [-0.05, 0) is 36.4 Å². The monoisotopic (exact) mass is 344 g/mol. The van der Waals surface area contributed by atoms with Gasteiger partial charge in [-0.25, -0.2) is 0 Å². The lowest BCUT2D eigenvalue weighted by atomic mass is 10.2. The molecule has 1 aromatic heterocycles. The molecule has 0 aliphatic heterocycles. The minimum atomic E-state index is -4.58. The third-order valence-electron chi connectivity index (χ3n) is 2.41. The van der Waals surface area contributed by atoms with Crippen LogP contribution in [0.25, 0.3) is 0 Å². The summed E-state index contributed by atoms with van der Waals surface area (Å²) in [4.78, 5) is 15.1. The minimum absolute atomic E-state index is 0.102. The number of nitrogens with one attached hydrogen (secondary N) is 1. The highest BCUT2D eigenvalue weighted by atomic mass is 79.9. The molecule has 0 spiro atoms. The van der Waals surface area contributed by atoms with Gasteiger partial charge >= 0.3 is 6.18 Å². The number of pyridine rings is 1. The molecule has 0 bridgehead atoms. The third-order valence-corrected chi connectivity index (χ3v) is 2.94. The van der Waals surface area contributed by atoms with Gasteiger partial charge in [0.1, 0.15) is 5.69 Å². The first-order valence-corrected chi connectivity index (χ1v) is 6.26. The number of nitrogens with zero attached hydrogens (tertiary/aromatic N) is 1. The highest BCUT2D eigenvalue weighted by molar-refractivity contribution is 9.10. The Kier molecular flexibility index (Phi) is 4.08. The molecule has 0 aliphatic carbocycles. The zero-order valence-corrected chi connectivity index (χ0v) is 11.5. The molecule has 0 aliphatic rings. The van der Waals surface area contributed by atoms with Crippen molar-refractivity contribution < 1.29 is 18.0 Å². The van der Waals surface area contributed by atoms with E-state index in [0.717, 1.165) is 10.7 Å². The lowest BCUT2D eigenvalue weighted by Crippen LogP contribution is -2.15. The summed E-state index contributed by atoms with van der Waals surface area (Å²) in [7, 11) is 0. The van der Waals surface area contributed by atoms with Gasteiger partial charge in [-0.3, -0.25) is 9.78 Å². The second-order valence-corrected chi connectivity index (χ2v) is 4.80. The van der Waals surface area contributed by atoms with Gasteiger partial charge < -0.3 is 5.32 Å². The van der Waals surface area contributed by atoms with E-state index in [1.807, 2.05) is 0 Å². The van der Waals surface area contributed by atoms with Gasteiger partial charge in [0, 0.05) is 21.9 Å². The van der Waals surface area contributed by atoms with Crippen molar-refractivity contribution >= 4 is 27.5 Å². The molecule has 2 aromatic rings. The molecule has 1 heterocycles. The first kappa shape index (κ1) is 14.5. The summed E-state index contributed by atoms with van der Waals surface area (Å²) < 4.78 is 38.3. The van der Waals surface area contributed by atoms with Crippen LogP contribution in [0.5, 0.6) is 0 Å². The number of hydrogen-bond donors (Lipinski definition) is 1. The second-order valence-electron chi connectivity index (χ2n) is 3.89. The van der Waals surface area contributed by atoms with E-state index in [9.17, 15) is 18.0 Å². The molecule has 1 amide bonds. The standard InChI is InChI=1S/C13H8BrF3N2O/c14-9-1-3-10(4-2-9)19-12(20)8-5-6-18-11(7-8)13(15,16)17/h1-7H,(H,19,20). The highest BCUT2D eigenvalue weighted by Gasteiger charge is 2.32. The van der Waals surface area contributed by atoms with Crippen LogP contribution in [-0.4, -0.2) is 10.9 Å². The van der Waals surface area contributed by atoms with Crippen molar-refractivity contribution in [3.63, 3.8) is 0 Å². The number of aromatic nitrogens is 1. The van der Waals surface area contributed by atoms with E-state index >= 15 is 0 Å². The summed E-state index contributed by atoms with van der Waals surface area (Å²) in [5, 5.41) is 2.51. The Morgan fingerprint density at radius 2 is 1.80 bits per heavy atom. The minimum Gasteiger partial charge on any atom is -0.322 e. The van der Waals surface area contributed by atoms with Crippen molar-refractivity contribution in [2.24, 2.45) is 0 Å². The zero-order chi connectivity index (χ0) is 14.8. The number of hydrogen-bond acceptors (Lipinski definition) is 2. The summed E-state index contributed by atoms with van der Waals surface area (Å²) in [5.41, 5.74) is -0.709. The molecular formula is C13H8BrF3N2O. The summed E-state index contributed by atoms with van der Waals surface area (Å²) in [5.74, 6) is -0.625. The molecule has 0 radical (unpaired) electrons. The summed E-state index contributed by atoms with van der Waals surface area (Å²) in [6, 6.07) is 8.63. The van der Waals surface area contributed by atoms with E-state index < -0.39 is 17.8 Å². The maximum absolute atomic E-state index is 12.5. The smallest absolute Gasteiger partial charge is 0.322 e. The maximum Gasteiger partial charge on any atom is 0.433 e. The van der Waals surface area contributed by atoms with Crippen molar-refractivity contribution in [3.05, 3.63) is 58.3 Å². The van der Waals surface area contributed by atoms with Gasteiger partial charge in [-0.15, -0.1) is 0 Å². The number of alkyl halides is 3. The zero-order valence-electron chi connectivity index (χ0n) is 9.91. The van der Waals surface area contributed by atoms with Crippen LogP contribution in [0, 0.1) is 0 Å². The quantitative estimate of drug-likeness (QED) is 0.890. The van der Waals surface area contributed by atoms with E-state index in [2.05, 4.69) is 26.2 Å². The van der Waals surface area contributed by atoms with Gasteiger partial charge in [-0.2, -0.15) is 13.2 Å². The predicted octanol–water partition coefficient (Wildman–Crippen LogP) is 4.12. The highest BCUT2D eigenvalue weighted by Crippen LogP contribution is 2.27. The van der Waals surface area contributed by atoms with E-state index in [1.54, 1.807) is 24.3 Å². The van der Waals surface area contributed by atoms with Gasteiger partial charge in [0.05, 0.1) is 0 Å². The molecule has 20 heavy (non-hydrogen) atoms. The molecule has 1 N–H and O–H groups in total. The molecule has 3 nitrogen and oxygen atoms in total. The SMILES string of the molecule is O=C(Nc1ccc(Br)cc1)c1ccnc(C(F)(F)F)c1. The summed E-state index contributed by atoms with van der Waals surface area (Å²) in [6.07, 6.45) is -3.62. The van der Waals surface area contributed by atoms with Crippen LogP contribution in [0.3, 0.4) is 0 Å². The van der Waals surface area contributed by atoms with Crippen molar-refractivity contribution in [3.8, 4) is 0 Å². The van der Waals surface area contributed by atoms with Crippen LogP contribution < -0.4 is 5.32 Å². The van der Waals surface area contributed by atoms with E-state index in [1.165, 1.54) is 6.07 Å². The first-order valence-electron chi connectivity index (χ1n) is 5.46. The van der Waals surface area contributed by atoms with Crippen LogP contribution in [0.15, 0.2) is 47.1 Å². The number of anilines is 1. The molecule has 0 unspecified atom stereocenters. The molecule has 1 aromatic carbocycles. The van der Waals surface area contributed by atoms with Crippen LogP contribution in [0.2, 0.25) is 0 Å². The Hall–Kier alpha value is -1.89. The topological polar surface area (TPSA) is 42.0 Å². The predicted molar refractivity (Wildman–Crippen MR) is 71.3 cm³/mol. The van der Waals surface area contributed by atoms with Gasteiger partial charge in [0.2, 0.25) is 0 Å². The molecule has 0 saturated carbocycles. The number of rotatable bonds is 2. The number of halogens is 4. The molecule has 7 heteroatoms. The molecule has 104 valence electrons. The Morgan fingerprint density at radius 1 is 1.15 bits per heavy atom. The first-order chi connectivity index (χ1) is 9.36. The van der Waals surface area contributed by atoms with Crippen molar-refractivity contribution in [2.75, 3.05) is 5.32 Å². The van der Waals surface area contributed by atoms with Gasteiger partial charge in [-0.1, -0.05) is 15.9 Å². The fourth-order valence-corrected chi connectivity index (χ4v) is 1.73. The normalized spacial score (nSPS) is 11.2. The average Bonchev–Trinajstić information content (AvgIpc) is 2.40. The molecular weight excluding hydrogens is 337 g/mol. The van der Waals surface area contributed by atoms with Crippen molar-refractivity contribution in [1.29, 1.82) is 0 Å². The molecule has 2 rings (SSSR count). The van der Waals surface area contributed by atoms with Gasteiger partial charge in [0.25, 0.3) is 5.91 Å². The summed E-state index contributed by atoms with van der Waals surface area (Å²) >= 11 is 3.24. The average molecular weight is 345 g/mol. The largest absolute Gasteiger partial charge is 0.433 e.